The molecule has 2 aliphatic rings. The Morgan fingerprint density at radius 1 is 1.12 bits per heavy atom. The number of rotatable bonds is 5. The molecule has 0 radical (unpaired) electrons. The number of hydrogen-bond acceptors (Lipinski definition) is 8. The summed E-state index contributed by atoms with van der Waals surface area (Å²) in [7, 11) is 0. The van der Waals surface area contributed by atoms with Crippen LogP contribution >= 0.6 is 11.8 Å². The van der Waals surface area contributed by atoms with Gasteiger partial charge >= 0.3 is 5.97 Å². The van der Waals surface area contributed by atoms with E-state index in [9.17, 15) is 9.59 Å². The number of ether oxygens (including phenoxy) is 1. The van der Waals surface area contributed by atoms with Crippen LogP contribution in [-0.2, 0) is 16.0 Å². The first-order valence-corrected chi connectivity index (χ1v) is 11.5. The lowest BCUT2D eigenvalue weighted by molar-refractivity contribution is -0.116. The fourth-order valence-corrected chi connectivity index (χ4v) is 4.64. The van der Waals surface area contributed by atoms with Crippen LogP contribution in [0.1, 0.15) is 15.9 Å². The summed E-state index contributed by atoms with van der Waals surface area (Å²) in [6.45, 7) is 3.82. The van der Waals surface area contributed by atoms with Crippen LogP contribution in [0.3, 0.4) is 0 Å². The predicted octanol–water partition coefficient (Wildman–Crippen LogP) is 1.45. The number of fused-ring (bicyclic) bond motifs is 1. The molecule has 0 atom stereocenters. The number of morpholine rings is 1. The molecule has 0 spiro atoms. The highest BCUT2D eigenvalue weighted by molar-refractivity contribution is 8.14. The van der Waals surface area contributed by atoms with Crippen molar-refractivity contribution < 1.29 is 19.4 Å². The molecule has 0 aliphatic carbocycles. The van der Waals surface area contributed by atoms with Gasteiger partial charge in [0.2, 0.25) is 11.1 Å². The maximum Gasteiger partial charge on any atom is 0.335 e. The van der Waals surface area contributed by atoms with Gasteiger partial charge in [-0.25, -0.2) is 10.6 Å². The van der Waals surface area contributed by atoms with Crippen molar-refractivity contribution in [3.05, 3.63) is 53.6 Å². The Morgan fingerprint density at radius 2 is 1.85 bits per heavy atom. The van der Waals surface area contributed by atoms with Crippen LogP contribution < -0.4 is 26.5 Å². The number of anilines is 3. The van der Waals surface area contributed by atoms with Crippen LogP contribution in [0.25, 0.3) is 0 Å². The highest BCUT2D eigenvalue weighted by Gasteiger charge is 2.26. The van der Waals surface area contributed by atoms with Crippen LogP contribution in [0.15, 0.2) is 47.6 Å². The zero-order chi connectivity index (χ0) is 23.4. The topological polar surface area (TPSA) is 138 Å². The molecule has 10 nitrogen and oxygen atoms in total. The van der Waals surface area contributed by atoms with E-state index in [2.05, 4.69) is 22.1 Å². The van der Waals surface area contributed by atoms with Crippen molar-refractivity contribution in [1.29, 1.82) is 0 Å². The van der Waals surface area contributed by atoms with Crippen LogP contribution in [-0.4, -0.2) is 60.8 Å². The van der Waals surface area contributed by atoms with Crippen LogP contribution in [0, 0.1) is 0 Å². The van der Waals surface area contributed by atoms with Crippen molar-refractivity contribution >= 4 is 45.9 Å². The normalized spacial score (nSPS) is 16.0. The molecule has 0 aromatic heterocycles. The number of carboxylic acids is 1. The number of nitrogens with zero attached hydrogens (tertiary/aromatic N) is 4. The summed E-state index contributed by atoms with van der Waals surface area (Å²) in [5, 5.41) is 14.2. The third-order valence-electron chi connectivity index (χ3n) is 5.67. The molecule has 5 N–H and O–H groups in total. The van der Waals surface area contributed by atoms with E-state index in [0.717, 1.165) is 61.4 Å². The molecule has 0 unspecified atom stereocenters. The molecule has 4 rings (SSSR count). The lowest BCUT2D eigenvalue weighted by Crippen LogP contribution is -2.38. The van der Waals surface area contributed by atoms with E-state index in [1.807, 2.05) is 6.07 Å². The van der Waals surface area contributed by atoms with E-state index in [4.69, 9.17) is 21.5 Å². The number of carbonyl (C=O) groups excluding carboxylic acids is 1. The average molecular weight is 471 g/mol. The predicted molar refractivity (Wildman–Crippen MR) is 130 cm³/mol. The molecule has 2 aromatic carbocycles. The van der Waals surface area contributed by atoms with Crippen molar-refractivity contribution in [2.75, 3.05) is 53.4 Å². The molecule has 1 saturated heterocycles. The highest BCUT2D eigenvalue weighted by atomic mass is 32.2. The number of carbonyl (C=O) groups is 2. The Bertz CT molecular complexity index is 1060. The molecule has 1 fully saturated rings. The maximum atomic E-state index is 13.0. The summed E-state index contributed by atoms with van der Waals surface area (Å²) >= 11 is 1.13. The molecule has 174 valence electrons. The van der Waals surface area contributed by atoms with Crippen molar-refractivity contribution in [3.63, 3.8) is 0 Å². The van der Waals surface area contributed by atoms with Gasteiger partial charge in [0.15, 0.2) is 0 Å². The van der Waals surface area contributed by atoms with Crippen LogP contribution in [0.2, 0.25) is 0 Å². The molecular formula is C22H26N6O4S. The fraction of sp³-hybridized carbons (Fsp3) is 0.318. The SMILES string of the molecule is N/N=C(/SCC(=O)N1CCc2cc(N3CCOCC3)ccc21)N(N)c1ccc(C(=O)O)cc1. The lowest BCUT2D eigenvalue weighted by Gasteiger charge is -2.29. The smallest absolute Gasteiger partial charge is 0.335 e. The Balaban J connectivity index is 1.38. The van der Waals surface area contributed by atoms with E-state index in [-0.39, 0.29) is 22.4 Å². The largest absolute Gasteiger partial charge is 0.478 e. The van der Waals surface area contributed by atoms with Gasteiger partial charge in [-0.3, -0.25) is 9.80 Å². The van der Waals surface area contributed by atoms with E-state index < -0.39 is 5.97 Å². The van der Waals surface area contributed by atoms with E-state index in [1.165, 1.54) is 17.1 Å². The molecule has 0 saturated carbocycles. The Morgan fingerprint density at radius 3 is 2.52 bits per heavy atom. The van der Waals surface area contributed by atoms with Crippen LogP contribution in [0.4, 0.5) is 17.1 Å². The van der Waals surface area contributed by atoms with Crippen molar-refractivity contribution in [2.24, 2.45) is 16.8 Å². The van der Waals surface area contributed by atoms with Gasteiger partial charge in [-0.05, 0) is 54.4 Å². The van der Waals surface area contributed by atoms with E-state index >= 15 is 0 Å². The average Bonchev–Trinajstić information content (AvgIpc) is 3.28. The number of carboxylic acid groups (broad SMARTS) is 1. The van der Waals surface area contributed by atoms with Crippen molar-refractivity contribution in [2.45, 2.75) is 6.42 Å². The molecule has 2 aliphatic heterocycles. The first-order valence-electron chi connectivity index (χ1n) is 10.5. The Labute approximate surface area is 195 Å². The third kappa shape index (κ3) is 5.05. The minimum absolute atomic E-state index is 0.0614. The summed E-state index contributed by atoms with van der Waals surface area (Å²) < 4.78 is 5.43. The van der Waals surface area contributed by atoms with Gasteiger partial charge < -0.3 is 25.5 Å². The standard InChI is InChI=1S/C22H26N6O4S/c23-25-22(28(24)17-3-1-15(2-4-17)21(30)31)33-14-20(29)27-8-7-16-13-18(5-6-19(16)27)26-9-11-32-12-10-26/h1-6,13H,7-12,14,23-24H2,(H,30,31)/b25-22+. The van der Waals surface area contributed by atoms with Gasteiger partial charge in [-0.15, -0.1) is 0 Å². The Hall–Kier alpha value is -3.28. The molecule has 0 bridgehead atoms. The zero-order valence-corrected chi connectivity index (χ0v) is 18.8. The minimum atomic E-state index is -1.03. The second kappa shape index (κ2) is 10.1. The molecule has 2 aromatic rings. The summed E-state index contributed by atoms with van der Waals surface area (Å²) in [5.41, 5.74) is 3.89. The van der Waals surface area contributed by atoms with Gasteiger partial charge in [-0.1, -0.05) is 11.8 Å². The van der Waals surface area contributed by atoms with E-state index in [0.29, 0.717) is 12.2 Å². The second-order valence-corrected chi connectivity index (χ2v) is 8.57. The second-order valence-electron chi connectivity index (χ2n) is 7.63. The van der Waals surface area contributed by atoms with Gasteiger partial charge in [0.25, 0.3) is 0 Å². The third-order valence-corrected chi connectivity index (χ3v) is 6.62. The van der Waals surface area contributed by atoms with Gasteiger partial charge in [0.05, 0.1) is 30.2 Å². The number of amidine groups is 1. The number of nitrogens with two attached hydrogens (primary N) is 2. The first kappa shape index (κ1) is 22.9. The lowest BCUT2D eigenvalue weighted by atomic mass is 10.1. The van der Waals surface area contributed by atoms with Gasteiger partial charge in [0.1, 0.15) is 0 Å². The van der Waals surface area contributed by atoms with Crippen molar-refractivity contribution in [1.82, 2.24) is 0 Å². The molecule has 2 heterocycles. The number of amides is 1. The van der Waals surface area contributed by atoms with E-state index in [1.54, 1.807) is 17.0 Å². The molecular weight excluding hydrogens is 444 g/mol. The molecule has 1 amide bonds. The maximum absolute atomic E-state index is 13.0. The molecule has 33 heavy (non-hydrogen) atoms. The number of hydrazone groups is 1. The number of thioether (sulfide) groups is 1. The van der Waals surface area contributed by atoms with Crippen molar-refractivity contribution in [3.8, 4) is 0 Å². The highest BCUT2D eigenvalue weighted by Crippen LogP contribution is 2.32. The minimum Gasteiger partial charge on any atom is -0.478 e. The number of aromatic carboxylic acids is 1. The van der Waals surface area contributed by atoms with Gasteiger partial charge in [0, 0.05) is 31.0 Å². The van der Waals surface area contributed by atoms with Gasteiger partial charge in [-0.2, -0.15) is 5.10 Å². The number of hydrazine groups is 1. The number of hydrogen-bond donors (Lipinski definition) is 3. The monoisotopic (exact) mass is 470 g/mol. The summed E-state index contributed by atoms with van der Waals surface area (Å²) in [6, 6.07) is 12.2. The summed E-state index contributed by atoms with van der Waals surface area (Å²) in [6.07, 6.45) is 0.806. The summed E-state index contributed by atoms with van der Waals surface area (Å²) in [5.74, 6) is 10.6. The zero-order valence-electron chi connectivity index (χ0n) is 18.0. The Kier molecular flexibility index (Phi) is 7.02. The fourth-order valence-electron chi connectivity index (χ4n) is 3.91. The number of benzene rings is 2. The first-order chi connectivity index (χ1) is 16.0. The summed E-state index contributed by atoms with van der Waals surface area (Å²) in [4.78, 5) is 28.0. The van der Waals surface area contributed by atoms with Crippen LogP contribution in [0.5, 0.6) is 0 Å². The molecule has 11 heteroatoms. The quantitative estimate of drug-likeness (QED) is 0.257.